The topological polar surface area (TPSA) is 107 Å². The highest BCUT2D eigenvalue weighted by Gasteiger charge is 2.39. The van der Waals surface area contributed by atoms with Gasteiger partial charge in [-0.25, -0.2) is 0 Å². The Balaban J connectivity index is 1.65. The van der Waals surface area contributed by atoms with Crippen LogP contribution in [0.2, 0.25) is 0 Å². The SMILES string of the molecule is CC(C)(C)c1ccc(N(C(=O)[C@H]2C[C@@H](O)CN2)C(C(=O)NCCN2CCOCC2)c2cccnc2)cc1. The molecule has 3 atom stereocenters. The number of nitrogens with zero attached hydrogens (tertiary/aromatic N) is 3. The van der Waals surface area contributed by atoms with Crippen molar-refractivity contribution in [2.75, 3.05) is 50.8 Å². The van der Waals surface area contributed by atoms with E-state index >= 15 is 0 Å². The molecular formula is C28H39N5O4. The molecule has 0 aliphatic carbocycles. The number of anilines is 1. The molecule has 2 amide bonds. The summed E-state index contributed by atoms with van der Waals surface area (Å²) in [5.74, 6) is -0.523. The zero-order chi connectivity index (χ0) is 26.4. The lowest BCUT2D eigenvalue weighted by Crippen LogP contribution is -2.51. The number of β-amino-alcohol motifs (C(OH)–C–C–N with tert-alkyl or cyclic N) is 1. The zero-order valence-corrected chi connectivity index (χ0v) is 22.0. The van der Waals surface area contributed by atoms with Crippen LogP contribution in [0.3, 0.4) is 0 Å². The van der Waals surface area contributed by atoms with Gasteiger partial charge in [-0.1, -0.05) is 39.0 Å². The molecule has 2 saturated heterocycles. The minimum Gasteiger partial charge on any atom is -0.392 e. The van der Waals surface area contributed by atoms with E-state index in [1.807, 2.05) is 30.3 Å². The smallest absolute Gasteiger partial charge is 0.247 e. The number of pyridine rings is 1. The fourth-order valence-corrected chi connectivity index (χ4v) is 4.81. The Bertz CT molecular complexity index is 1030. The summed E-state index contributed by atoms with van der Waals surface area (Å²) in [5, 5.41) is 16.3. The summed E-state index contributed by atoms with van der Waals surface area (Å²) >= 11 is 0. The van der Waals surface area contributed by atoms with Crippen molar-refractivity contribution < 1.29 is 19.4 Å². The van der Waals surface area contributed by atoms with E-state index < -0.39 is 18.2 Å². The first-order chi connectivity index (χ1) is 17.7. The number of rotatable bonds is 8. The van der Waals surface area contributed by atoms with Crippen LogP contribution < -0.4 is 15.5 Å². The fraction of sp³-hybridized carbons (Fsp3) is 0.536. The molecule has 2 aromatic rings. The number of nitrogens with one attached hydrogen (secondary N) is 2. The standard InChI is InChI=1S/C28H39N5O4/c1-28(2,3)21-6-8-22(9-7-21)33(27(36)24-17-23(34)19-31-24)25(20-5-4-10-29-18-20)26(35)30-11-12-32-13-15-37-16-14-32/h4-10,18,23-25,31,34H,11-17,19H2,1-3H3,(H,30,35)/t23-,24-,25?/m1/s1. The van der Waals surface area contributed by atoms with E-state index in [9.17, 15) is 14.7 Å². The molecule has 9 nitrogen and oxygen atoms in total. The fourth-order valence-electron chi connectivity index (χ4n) is 4.81. The molecule has 1 aromatic heterocycles. The maximum atomic E-state index is 13.9. The van der Waals surface area contributed by atoms with Gasteiger partial charge >= 0.3 is 0 Å². The Hall–Kier alpha value is -2.85. The number of aromatic nitrogens is 1. The van der Waals surface area contributed by atoms with Crippen LogP contribution in [0.5, 0.6) is 0 Å². The number of carbonyl (C=O) groups excluding carboxylic acids is 2. The first-order valence-electron chi connectivity index (χ1n) is 13.1. The lowest BCUT2D eigenvalue weighted by Gasteiger charge is -2.34. The number of hydrogen-bond donors (Lipinski definition) is 3. The number of morpholine rings is 1. The lowest BCUT2D eigenvalue weighted by molar-refractivity contribution is -0.127. The predicted octanol–water partition coefficient (Wildman–Crippen LogP) is 1.62. The maximum Gasteiger partial charge on any atom is 0.247 e. The molecular weight excluding hydrogens is 470 g/mol. The van der Waals surface area contributed by atoms with Crippen LogP contribution >= 0.6 is 0 Å². The molecule has 37 heavy (non-hydrogen) atoms. The molecule has 200 valence electrons. The van der Waals surface area contributed by atoms with Crippen molar-refractivity contribution in [2.24, 2.45) is 0 Å². The van der Waals surface area contributed by atoms with E-state index in [1.165, 1.54) is 0 Å². The third-order valence-corrected chi connectivity index (χ3v) is 6.99. The molecule has 3 heterocycles. The largest absolute Gasteiger partial charge is 0.392 e. The van der Waals surface area contributed by atoms with Gasteiger partial charge < -0.3 is 20.5 Å². The number of amides is 2. The molecule has 3 N–H and O–H groups in total. The third kappa shape index (κ3) is 6.93. The van der Waals surface area contributed by atoms with Gasteiger partial charge in [0.05, 0.1) is 25.4 Å². The van der Waals surface area contributed by atoms with Crippen LogP contribution in [-0.4, -0.2) is 84.9 Å². The van der Waals surface area contributed by atoms with Crippen LogP contribution in [0.15, 0.2) is 48.8 Å². The van der Waals surface area contributed by atoms with E-state index in [2.05, 4.69) is 41.3 Å². The molecule has 2 fully saturated rings. The first kappa shape index (κ1) is 27.2. The molecule has 0 saturated carbocycles. The summed E-state index contributed by atoms with van der Waals surface area (Å²) in [6, 6.07) is 9.89. The summed E-state index contributed by atoms with van der Waals surface area (Å²) in [7, 11) is 0. The highest BCUT2D eigenvalue weighted by atomic mass is 16.5. The maximum absolute atomic E-state index is 13.9. The number of ether oxygens (including phenoxy) is 1. The summed E-state index contributed by atoms with van der Waals surface area (Å²) in [4.78, 5) is 35.8. The first-order valence-corrected chi connectivity index (χ1v) is 13.1. The van der Waals surface area contributed by atoms with E-state index in [0.717, 1.165) is 18.7 Å². The molecule has 0 bridgehead atoms. The number of carbonyl (C=O) groups is 2. The van der Waals surface area contributed by atoms with Gasteiger partial charge in [-0.15, -0.1) is 0 Å². The summed E-state index contributed by atoms with van der Waals surface area (Å²) < 4.78 is 5.41. The number of hydrogen-bond acceptors (Lipinski definition) is 7. The normalized spacial score (nSPS) is 21.4. The predicted molar refractivity (Wildman–Crippen MR) is 142 cm³/mol. The van der Waals surface area contributed by atoms with Crippen molar-refractivity contribution in [1.29, 1.82) is 0 Å². The highest BCUT2D eigenvalue weighted by molar-refractivity contribution is 6.03. The minimum atomic E-state index is -0.911. The Morgan fingerprint density at radius 2 is 1.95 bits per heavy atom. The van der Waals surface area contributed by atoms with E-state index in [4.69, 9.17) is 4.74 Å². The number of aliphatic hydroxyl groups is 1. The Morgan fingerprint density at radius 3 is 2.54 bits per heavy atom. The molecule has 1 aromatic carbocycles. The van der Waals surface area contributed by atoms with Crippen molar-refractivity contribution in [1.82, 2.24) is 20.5 Å². The molecule has 4 rings (SSSR count). The van der Waals surface area contributed by atoms with Gasteiger partial charge in [0.1, 0.15) is 6.04 Å². The van der Waals surface area contributed by atoms with Crippen LogP contribution in [-0.2, 0) is 19.7 Å². The number of benzene rings is 1. The second kappa shape index (κ2) is 12.1. The van der Waals surface area contributed by atoms with Gasteiger partial charge in [0.2, 0.25) is 11.8 Å². The summed E-state index contributed by atoms with van der Waals surface area (Å²) in [5.41, 5.74) is 2.33. The molecule has 0 radical (unpaired) electrons. The quantitative estimate of drug-likeness (QED) is 0.497. The van der Waals surface area contributed by atoms with Gasteiger partial charge in [0.25, 0.3) is 0 Å². The van der Waals surface area contributed by atoms with Crippen molar-refractivity contribution in [3.63, 3.8) is 0 Å². The van der Waals surface area contributed by atoms with Gasteiger partial charge in [-0.2, -0.15) is 0 Å². The molecule has 0 spiro atoms. The third-order valence-electron chi connectivity index (χ3n) is 6.99. The van der Waals surface area contributed by atoms with Crippen molar-refractivity contribution in [3.05, 3.63) is 59.9 Å². The van der Waals surface area contributed by atoms with Crippen LogP contribution in [0, 0.1) is 0 Å². The van der Waals surface area contributed by atoms with Crippen LogP contribution in [0.25, 0.3) is 0 Å². The van der Waals surface area contributed by atoms with Crippen molar-refractivity contribution >= 4 is 17.5 Å². The monoisotopic (exact) mass is 509 g/mol. The second-order valence-electron chi connectivity index (χ2n) is 10.8. The minimum absolute atomic E-state index is 0.0515. The Labute approximate surface area is 219 Å². The molecule has 1 unspecified atom stereocenters. The van der Waals surface area contributed by atoms with Crippen molar-refractivity contribution in [3.8, 4) is 0 Å². The average Bonchev–Trinajstić information content (AvgIpc) is 3.34. The summed E-state index contributed by atoms with van der Waals surface area (Å²) in [6.07, 6.45) is 2.98. The zero-order valence-electron chi connectivity index (χ0n) is 22.0. The second-order valence-corrected chi connectivity index (χ2v) is 10.8. The van der Waals surface area contributed by atoms with E-state index in [0.29, 0.717) is 50.5 Å². The molecule has 2 aliphatic rings. The molecule has 9 heteroatoms. The highest BCUT2D eigenvalue weighted by Crippen LogP contribution is 2.32. The van der Waals surface area contributed by atoms with Gasteiger partial charge in [0.15, 0.2) is 0 Å². The van der Waals surface area contributed by atoms with Crippen LogP contribution in [0.4, 0.5) is 5.69 Å². The summed E-state index contributed by atoms with van der Waals surface area (Å²) in [6.45, 7) is 11.0. The Kier molecular flexibility index (Phi) is 8.91. The van der Waals surface area contributed by atoms with Gasteiger partial charge in [-0.3, -0.25) is 24.4 Å². The van der Waals surface area contributed by atoms with Crippen molar-refractivity contribution in [2.45, 2.75) is 50.8 Å². The average molecular weight is 510 g/mol. The molecule has 2 aliphatic heterocycles. The van der Waals surface area contributed by atoms with E-state index in [-0.39, 0.29) is 17.2 Å². The van der Waals surface area contributed by atoms with Gasteiger partial charge in [-0.05, 0) is 35.6 Å². The lowest BCUT2D eigenvalue weighted by atomic mass is 9.87. The van der Waals surface area contributed by atoms with Crippen LogP contribution in [0.1, 0.15) is 44.4 Å². The number of aliphatic hydroxyl groups excluding tert-OH is 1. The van der Waals surface area contributed by atoms with E-state index in [1.54, 1.807) is 23.4 Å². The Morgan fingerprint density at radius 1 is 1.22 bits per heavy atom. The van der Waals surface area contributed by atoms with Gasteiger partial charge in [0, 0.05) is 56.4 Å².